The number of carbonyl (C=O) groups excluding carboxylic acids is 1. The summed E-state index contributed by atoms with van der Waals surface area (Å²) in [4.78, 5) is 14.0. The molecule has 1 aromatic rings. The largest absolute Gasteiger partial charge is 0.374 e. The summed E-state index contributed by atoms with van der Waals surface area (Å²) in [7, 11) is 0. The van der Waals surface area contributed by atoms with Crippen LogP contribution in [0, 0.1) is 0 Å². The van der Waals surface area contributed by atoms with E-state index in [1.54, 1.807) is 0 Å². The average molecular weight is 271 g/mol. The van der Waals surface area contributed by atoms with Gasteiger partial charge in [-0.1, -0.05) is 11.3 Å². The van der Waals surface area contributed by atoms with Gasteiger partial charge in [-0.25, -0.2) is 0 Å². The van der Waals surface area contributed by atoms with E-state index >= 15 is 0 Å². The zero-order chi connectivity index (χ0) is 13.7. The van der Waals surface area contributed by atoms with Gasteiger partial charge in [-0.05, 0) is 27.7 Å². The molecule has 0 aliphatic rings. The van der Waals surface area contributed by atoms with Crippen molar-refractivity contribution in [2.24, 2.45) is 0 Å². The number of nitrogen functional groups attached to an aromatic ring is 1. The first-order valence-electron chi connectivity index (χ1n) is 6.04. The minimum absolute atomic E-state index is 0.211. The van der Waals surface area contributed by atoms with Crippen LogP contribution in [-0.2, 0) is 0 Å². The van der Waals surface area contributed by atoms with Gasteiger partial charge in [0.15, 0.2) is 0 Å². The normalized spacial score (nSPS) is 11.5. The fourth-order valence-corrected chi connectivity index (χ4v) is 2.34. The average Bonchev–Trinajstić information content (AvgIpc) is 2.69. The number of hydrogen-bond donors (Lipinski definition) is 2. The Hall–Kier alpha value is -1.21. The SMILES string of the molecule is CC(C)N(CCNC(=O)c1nnc(N)s1)C(C)C. The lowest BCUT2D eigenvalue weighted by Crippen LogP contribution is -2.42. The van der Waals surface area contributed by atoms with E-state index in [2.05, 4.69) is 48.1 Å². The lowest BCUT2D eigenvalue weighted by Gasteiger charge is -2.30. The Morgan fingerprint density at radius 2 is 1.94 bits per heavy atom. The van der Waals surface area contributed by atoms with Crippen LogP contribution in [0.15, 0.2) is 0 Å². The van der Waals surface area contributed by atoms with Crippen molar-refractivity contribution < 1.29 is 4.79 Å². The van der Waals surface area contributed by atoms with Gasteiger partial charge in [0.25, 0.3) is 5.91 Å². The minimum Gasteiger partial charge on any atom is -0.374 e. The van der Waals surface area contributed by atoms with Crippen LogP contribution in [0.2, 0.25) is 0 Å². The Morgan fingerprint density at radius 1 is 1.33 bits per heavy atom. The molecule has 1 heterocycles. The van der Waals surface area contributed by atoms with E-state index in [1.165, 1.54) is 0 Å². The van der Waals surface area contributed by atoms with Gasteiger partial charge in [0.05, 0.1) is 0 Å². The number of amides is 1. The molecule has 0 saturated heterocycles. The standard InChI is InChI=1S/C11H21N5OS/c1-7(2)16(8(3)4)6-5-13-9(17)10-14-15-11(12)18-10/h7-8H,5-6H2,1-4H3,(H2,12,15)(H,13,17). The molecule has 0 unspecified atom stereocenters. The van der Waals surface area contributed by atoms with Crippen molar-refractivity contribution >= 4 is 22.4 Å². The molecule has 0 saturated carbocycles. The molecule has 0 fully saturated rings. The highest BCUT2D eigenvalue weighted by atomic mass is 32.1. The summed E-state index contributed by atoms with van der Waals surface area (Å²) in [5.41, 5.74) is 5.43. The van der Waals surface area contributed by atoms with Gasteiger partial charge in [-0.2, -0.15) is 0 Å². The molecule has 0 aliphatic carbocycles. The highest BCUT2D eigenvalue weighted by Crippen LogP contribution is 2.10. The smallest absolute Gasteiger partial charge is 0.282 e. The van der Waals surface area contributed by atoms with Crippen molar-refractivity contribution in [3.8, 4) is 0 Å². The molecule has 0 spiro atoms. The van der Waals surface area contributed by atoms with Crippen molar-refractivity contribution in [3.05, 3.63) is 5.01 Å². The molecule has 1 aromatic heterocycles. The second-order valence-corrected chi connectivity index (χ2v) is 5.64. The lowest BCUT2D eigenvalue weighted by atomic mass is 10.2. The topological polar surface area (TPSA) is 84.1 Å². The fourth-order valence-electron chi connectivity index (χ4n) is 1.81. The van der Waals surface area contributed by atoms with Crippen LogP contribution in [0.5, 0.6) is 0 Å². The van der Waals surface area contributed by atoms with E-state index in [4.69, 9.17) is 5.73 Å². The van der Waals surface area contributed by atoms with Crippen LogP contribution in [-0.4, -0.2) is 46.2 Å². The highest BCUT2D eigenvalue weighted by molar-refractivity contribution is 7.16. The van der Waals surface area contributed by atoms with Gasteiger partial charge in [-0.3, -0.25) is 9.69 Å². The number of nitrogens with one attached hydrogen (secondary N) is 1. The molecule has 7 heteroatoms. The van der Waals surface area contributed by atoms with Crippen LogP contribution in [0.4, 0.5) is 5.13 Å². The van der Waals surface area contributed by atoms with Gasteiger partial charge < -0.3 is 11.1 Å². The molecule has 0 bridgehead atoms. The Balaban J connectivity index is 2.39. The molecule has 0 aromatic carbocycles. The predicted octanol–water partition coefficient (Wildman–Crippen LogP) is 0.969. The summed E-state index contributed by atoms with van der Waals surface area (Å²) in [6, 6.07) is 0.915. The quantitative estimate of drug-likeness (QED) is 0.805. The van der Waals surface area contributed by atoms with Crippen molar-refractivity contribution in [1.29, 1.82) is 0 Å². The number of nitrogens with two attached hydrogens (primary N) is 1. The summed E-state index contributed by atoms with van der Waals surface area (Å²) >= 11 is 1.10. The van der Waals surface area contributed by atoms with Gasteiger partial charge in [0.1, 0.15) is 0 Å². The Labute approximate surface area is 112 Å². The van der Waals surface area contributed by atoms with E-state index in [1.807, 2.05) is 0 Å². The number of anilines is 1. The fraction of sp³-hybridized carbons (Fsp3) is 0.727. The number of aromatic nitrogens is 2. The lowest BCUT2D eigenvalue weighted by molar-refractivity contribution is 0.0938. The van der Waals surface area contributed by atoms with Gasteiger partial charge in [0, 0.05) is 25.2 Å². The van der Waals surface area contributed by atoms with E-state index in [0.717, 1.165) is 17.9 Å². The molecule has 3 N–H and O–H groups in total. The van der Waals surface area contributed by atoms with Crippen molar-refractivity contribution in [2.75, 3.05) is 18.8 Å². The van der Waals surface area contributed by atoms with Crippen LogP contribution < -0.4 is 11.1 Å². The summed E-state index contributed by atoms with van der Waals surface area (Å²) in [5, 5.41) is 10.8. The number of hydrogen-bond acceptors (Lipinski definition) is 6. The molecule has 6 nitrogen and oxygen atoms in total. The van der Waals surface area contributed by atoms with Gasteiger partial charge in [-0.15, -0.1) is 10.2 Å². The molecule has 1 rings (SSSR count). The third-order valence-electron chi connectivity index (χ3n) is 2.62. The molecule has 0 atom stereocenters. The molecule has 1 amide bonds. The van der Waals surface area contributed by atoms with Crippen LogP contribution in [0.25, 0.3) is 0 Å². The molecular weight excluding hydrogens is 250 g/mol. The Morgan fingerprint density at radius 3 is 2.39 bits per heavy atom. The zero-order valence-corrected chi connectivity index (χ0v) is 12.1. The van der Waals surface area contributed by atoms with Crippen molar-refractivity contribution in [1.82, 2.24) is 20.4 Å². The second kappa shape index (κ2) is 6.65. The van der Waals surface area contributed by atoms with E-state index in [0.29, 0.717) is 28.8 Å². The van der Waals surface area contributed by atoms with E-state index in [-0.39, 0.29) is 5.91 Å². The predicted molar refractivity (Wildman–Crippen MR) is 73.6 cm³/mol. The number of rotatable bonds is 6. The molecule has 0 aliphatic heterocycles. The molecule has 18 heavy (non-hydrogen) atoms. The summed E-state index contributed by atoms with van der Waals surface area (Å²) in [5.74, 6) is -0.211. The maximum absolute atomic E-state index is 11.7. The second-order valence-electron chi connectivity index (χ2n) is 4.63. The summed E-state index contributed by atoms with van der Waals surface area (Å²) in [6.45, 7) is 9.99. The van der Waals surface area contributed by atoms with Crippen LogP contribution >= 0.6 is 11.3 Å². The maximum atomic E-state index is 11.7. The van der Waals surface area contributed by atoms with Crippen molar-refractivity contribution in [3.63, 3.8) is 0 Å². The molecular formula is C11H21N5OS. The summed E-state index contributed by atoms with van der Waals surface area (Å²) in [6.07, 6.45) is 0. The maximum Gasteiger partial charge on any atom is 0.282 e. The van der Waals surface area contributed by atoms with Crippen molar-refractivity contribution in [2.45, 2.75) is 39.8 Å². The first kappa shape index (κ1) is 14.8. The zero-order valence-electron chi connectivity index (χ0n) is 11.3. The number of carbonyl (C=O) groups is 1. The monoisotopic (exact) mass is 271 g/mol. The minimum atomic E-state index is -0.211. The van der Waals surface area contributed by atoms with E-state index < -0.39 is 0 Å². The van der Waals surface area contributed by atoms with Gasteiger partial charge in [0.2, 0.25) is 10.1 Å². The first-order valence-corrected chi connectivity index (χ1v) is 6.86. The third-order valence-corrected chi connectivity index (χ3v) is 3.37. The van der Waals surface area contributed by atoms with E-state index in [9.17, 15) is 4.79 Å². The number of nitrogens with zero attached hydrogens (tertiary/aromatic N) is 3. The van der Waals surface area contributed by atoms with Gasteiger partial charge >= 0.3 is 0 Å². The van der Waals surface area contributed by atoms with Crippen LogP contribution in [0.3, 0.4) is 0 Å². The molecule has 0 radical (unpaired) electrons. The van der Waals surface area contributed by atoms with Crippen LogP contribution in [0.1, 0.15) is 37.5 Å². The third kappa shape index (κ3) is 4.23. The Bertz CT molecular complexity index is 383. The highest BCUT2D eigenvalue weighted by Gasteiger charge is 2.15. The first-order chi connectivity index (χ1) is 8.41. The Kier molecular flexibility index (Phi) is 5.49. The summed E-state index contributed by atoms with van der Waals surface area (Å²) < 4.78 is 0. The molecule has 102 valence electrons.